The van der Waals surface area contributed by atoms with E-state index in [9.17, 15) is 18.0 Å². The maximum absolute atomic E-state index is 13.0. The van der Waals surface area contributed by atoms with Crippen LogP contribution >= 0.6 is 11.8 Å². The van der Waals surface area contributed by atoms with Gasteiger partial charge in [0, 0.05) is 37.0 Å². The number of methoxy groups -OCH3 is 1. The SMILES string of the molecule is COc1ccccc1N1CCN(C(=O)[C@H](C)CS(=O)(=O)c2ccc3c(c2)NC(=O)CS3)CC1. The molecule has 0 spiro atoms. The third-order valence-electron chi connectivity index (χ3n) is 5.85. The zero-order valence-electron chi connectivity index (χ0n) is 18.6. The van der Waals surface area contributed by atoms with Crippen LogP contribution in [0.2, 0.25) is 0 Å². The number of thioether (sulfide) groups is 1. The van der Waals surface area contributed by atoms with Crippen LogP contribution in [-0.2, 0) is 19.4 Å². The van der Waals surface area contributed by atoms with Gasteiger partial charge in [0.05, 0.1) is 34.9 Å². The van der Waals surface area contributed by atoms with Crippen molar-refractivity contribution >= 4 is 44.8 Å². The van der Waals surface area contributed by atoms with Crippen molar-refractivity contribution in [1.82, 2.24) is 4.90 Å². The van der Waals surface area contributed by atoms with Gasteiger partial charge in [0.1, 0.15) is 5.75 Å². The zero-order valence-corrected chi connectivity index (χ0v) is 20.2. The van der Waals surface area contributed by atoms with E-state index in [-0.39, 0.29) is 22.5 Å². The first-order valence-electron chi connectivity index (χ1n) is 10.7. The highest BCUT2D eigenvalue weighted by Crippen LogP contribution is 2.34. The Morgan fingerprint density at radius 3 is 2.61 bits per heavy atom. The molecule has 4 rings (SSSR count). The number of amides is 2. The predicted molar refractivity (Wildman–Crippen MR) is 129 cm³/mol. The van der Waals surface area contributed by atoms with Crippen LogP contribution in [0.5, 0.6) is 5.75 Å². The van der Waals surface area contributed by atoms with Gasteiger partial charge in [0.2, 0.25) is 11.8 Å². The minimum atomic E-state index is -3.69. The van der Waals surface area contributed by atoms with Crippen LogP contribution in [0.3, 0.4) is 0 Å². The molecule has 10 heteroatoms. The van der Waals surface area contributed by atoms with Crippen molar-refractivity contribution in [3.63, 3.8) is 0 Å². The minimum Gasteiger partial charge on any atom is -0.495 e. The van der Waals surface area contributed by atoms with E-state index in [0.717, 1.165) is 16.3 Å². The zero-order chi connectivity index (χ0) is 23.6. The van der Waals surface area contributed by atoms with Crippen LogP contribution in [0.15, 0.2) is 52.3 Å². The molecule has 0 radical (unpaired) electrons. The second-order valence-corrected chi connectivity index (χ2v) is 11.2. The molecule has 0 aliphatic carbocycles. The van der Waals surface area contributed by atoms with Gasteiger partial charge in [-0.05, 0) is 30.3 Å². The van der Waals surface area contributed by atoms with Crippen molar-refractivity contribution in [3.05, 3.63) is 42.5 Å². The molecular formula is C23H27N3O5S2. The number of hydrogen-bond acceptors (Lipinski definition) is 7. The molecule has 1 N–H and O–H groups in total. The Labute approximate surface area is 198 Å². The Morgan fingerprint density at radius 1 is 1.15 bits per heavy atom. The Bertz CT molecular complexity index is 1160. The summed E-state index contributed by atoms with van der Waals surface area (Å²) < 4.78 is 31.4. The highest BCUT2D eigenvalue weighted by Gasteiger charge is 2.30. The van der Waals surface area contributed by atoms with Gasteiger partial charge in [-0.3, -0.25) is 9.59 Å². The summed E-state index contributed by atoms with van der Waals surface area (Å²) in [5.74, 6) is -0.171. The molecular weight excluding hydrogens is 462 g/mol. The van der Waals surface area contributed by atoms with Crippen molar-refractivity contribution in [3.8, 4) is 5.75 Å². The Hall–Kier alpha value is -2.72. The monoisotopic (exact) mass is 489 g/mol. The topological polar surface area (TPSA) is 96.0 Å². The molecule has 0 bridgehead atoms. The van der Waals surface area contributed by atoms with Gasteiger partial charge in [-0.2, -0.15) is 0 Å². The normalized spacial score (nSPS) is 17.2. The Kier molecular flexibility index (Phi) is 6.85. The van der Waals surface area contributed by atoms with E-state index in [0.29, 0.717) is 37.6 Å². The summed E-state index contributed by atoms with van der Waals surface area (Å²) in [6.07, 6.45) is 0. The maximum Gasteiger partial charge on any atom is 0.234 e. The lowest BCUT2D eigenvalue weighted by molar-refractivity contribution is -0.134. The molecule has 0 unspecified atom stereocenters. The number of carbonyl (C=O) groups excluding carboxylic acids is 2. The Balaban J connectivity index is 1.39. The van der Waals surface area contributed by atoms with E-state index in [2.05, 4.69) is 10.2 Å². The standard InChI is InChI=1S/C23H27N3O5S2/c1-16(15-33(29,30)17-7-8-21-18(13-17)24-22(27)14-32-21)23(28)26-11-9-25(10-12-26)19-5-3-4-6-20(19)31-2/h3-8,13,16H,9-12,14-15H2,1-2H3,(H,24,27)/t16-/m1/s1. The highest BCUT2D eigenvalue weighted by molar-refractivity contribution is 8.00. The van der Waals surface area contributed by atoms with Gasteiger partial charge in [-0.25, -0.2) is 8.42 Å². The van der Waals surface area contributed by atoms with E-state index in [4.69, 9.17) is 4.74 Å². The summed E-state index contributed by atoms with van der Waals surface area (Å²) in [6.45, 7) is 3.98. The number of piperazine rings is 1. The lowest BCUT2D eigenvalue weighted by Gasteiger charge is -2.37. The fourth-order valence-corrected chi connectivity index (χ4v) is 6.48. The number of benzene rings is 2. The number of nitrogens with zero attached hydrogens (tertiary/aromatic N) is 2. The maximum atomic E-state index is 13.0. The molecule has 0 saturated carbocycles. The number of para-hydroxylation sites is 2. The third kappa shape index (κ3) is 5.11. The number of fused-ring (bicyclic) bond motifs is 1. The number of ether oxygens (including phenoxy) is 1. The fourth-order valence-electron chi connectivity index (χ4n) is 4.12. The number of anilines is 2. The van der Waals surface area contributed by atoms with Crippen LogP contribution in [0, 0.1) is 5.92 Å². The number of rotatable bonds is 6. The van der Waals surface area contributed by atoms with E-state index in [1.165, 1.54) is 17.8 Å². The summed E-state index contributed by atoms with van der Waals surface area (Å²) in [5.41, 5.74) is 1.49. The number of nitrogens with one attached hydrogen (secondary N) is 1. The van der Waals surface area contributed by atoms with E-state index < -0.39 is 15.8 Å². The number of sulfone groups is 1. The number of carbonyl (C=O) groups is 2. The molecule has 1 fully saturated rings. The smallest absolute Gasteiger partial charge is 0.234 e. The van der Waals surface area contributed by atoms with E-state index in [1.54, 1.807) is 31.1 Å². The lowest BCUT2D eigenvalue weighted by atomic mass is 10.1. The predicted octanol–water partition coefficient (Wildman–Crippen LogP) is 2.50. The molecule has 1 atom stereocenters. The molecule has 176 valence electrons. The van der Waals surface area contributed by atoms with E-state index >= 15 is 0 Å². The van der Waals surface area contributed by atoms with Crippen molar-refractivity contribution in [2.24, 2.45) is 5.92 Å². The van der Waals surface area contributed by atoms with Crippen LogP contribution in [0.25, 0.3) is 0 Å². The van der Waals surface area contributed by atoms with E-state index in [1.807, 2.05) is 24.3 Å². The first kappa shape index (κ1) is 23.4. The molecule has 2 heterocycles. The summed E-state index contributed by atoms with van der Waals surface area (Å²) in [5, 5.41) is 2.71. The molecule has 2 aromatic carbocycles. The van der Waals surface area contributed by atoms with Crippen LogP contribution < -0.4 is 15.0 Å². The van der Waals surface area contributed by atoms with Gasteiger partial charge in [-0.1, -0.05) is 19.1 Å². The van der Waals surface area contributed by atoms with Crippen molar-refractivity contribution in [2.45, 2.75) is 16.7 Å². The average molecular weight is 490 g/mol. The van der Waals surface area contributed by atoms with Crippen LogP contribution in [0.4, 0.5) is 11.4 Å². The van der Waals surface area contributed by atoms with Gasteiger partial charge < -0.3 is 19.9 Å². The van der Waals surface area contributed by atoms with Crippen molar-refractivity contribution < 1.29 is 22.7 Å². The van der Waals surface area contributed by atoms with Gasteiger partial charge in [-0.15, -0.1) is 11.8 Å². The molecule has 2 aromatic rings. The molecule has 33 heavy (non-hydrogen) atoms. The van der Waals surface area contributed by atoms with Gasteiger partial charge in [0.15, 0.2) is 9.84 Å². The second kappa shape index (κ2) is 9.64. The first-order valence-corrected chi connectivity index (χ1v) is 13.4. The molecule has 2 amide bonds. The minimum absolute atomic E-state index is 0.115. The molecule has 1 saturated heterocycles. The van der Waals surface area contributed by atoms with Crippen molar-refractivity contribution in [1.29, 1.82) is 0 Å². The summed E-state index contributed by atoms with van der Waals surface area (Å²) in [4.78, 5) is 29.5. The third-order valence-corrected chi connectivity index (χ3v) is 8.84. The van der Waals surface area contributed by atoms with Crippen LogP contribution in [-0.4, -0.2) is 69.9 Å². The molecule has 2 aliphatic rings. The first-order chi connectivity index (χ1) is 15.8. The van der Waals surface area contributed by atoms with Gasteiger partial charge in [0.25, 0.3) is 0 Å². The van der Waals surface area contributed by atoms with Crippen molar-refractivity contribution in [2.75, 3.05) is 55.0 Å². The lowest BCUT2D eigenvalue weighted by Crippen LogP contribution is -2.50. The van der Waals surface area contributed by atoms with Gasteiger partial charge >= 0.3 is 0 Å². The molecule has 8 nitrogen and oxygen atoms in total. The number of hydrogen-bond donors (Lipinski definition) is 1. The highest BCUT2D eigenvalue weighted by atomic mass is 32.2. The quantitative estimate of drug-likeness (QED) is 0.666. The second-order valence-electron chi connectivity index (χ2n) is 8.16. The van der Waals surface area contributed by atoms with Crippen LogP contribution in [0.1, 0.15) is 6.92 Å². The molecule has 2 aliphatic heterocycles. The fraction of sp³-hybridized carbons (Fsp3) is 0.391. The summed E-state index contributed by atoms with van der Waals surface area (Å²) >= 11 is 1.37. The largest absolute Gasteiger partial charge is 0.495 e. The molecule has 0 aromatic heterocycles. The average Bonchev–Trinajstić information content (AvgIpc) is 2.82. The summed E-state index contributed by atoms with van der Waals surface area (Å²) in [6, 6.07) is 12.5. The Morgan fingerprint density at radius 2 is 1.88 bits per heavy atom. The summed E-state index contributed by atoms with van der Waals surface area (Å²) in [7, 11) is -2.06.